The number of hydrogen-bond donors (Lipinski definition) is 2. The molecule has 3 nitrogen and oxygen atoms in total. The van der Waals surface area contributed by atoms with Crippen molar-refractivity contribution in [3.8, 4) is 0 Å². The maximum Gasteiger partial charge on any atom is 0.0950 e. The fraction of sp³-hybridized carbons (Fsp3) is 0.444. The van der Waals surface area contributed by atoms with Gasteiger partial charge in [0.25, 0.3) is 0 Å². The van der Waals surface area contributed by atoms with Gasteiger partial charge in [-0.2, -0.15) is 0 Å². The molecule has 114 valence electrons. The molecule has 2 unspecified atom stereocenters. The van der Waals surface area contributed by atoms with Crippen LogP contribution in [0.15, 0.2) is 47.3 Å². The number of aryl methyl sites for hydroxylation is 1. The molecule has 0 spiro atoms. The fourth-order valence-corrected chi connectivity index (χ4v) is 2.68. The summed E-state index contributed by atoms with van der Waals surface area (Å²) in [4.78, 5) is 0. The van der Waals surface area contributed by atoms with Gasteiger partial charge in [-0.25, -0.2) is 0 Å². The maximum absolute atomic E-state index is 6.37. The second-order valence-corrected chi connectivity index (χ2v) is 5.60. The minimum Gasteiger partial charge on any atom is -0.472 e. The van der Waals surface area contributed by atoms with Gasteiger partial charge in [0.05, 0.1) is 12.5 Å². The summed E-state index contributed by atoms with van der Waals surface area (Å²) in [5.74, 6) is 0. The van der Waals surface area contributed by atoms with E-state index in [4.69, 9.17) is 10.2 Å². The van der Waals surface area contributed by atoms with Gasteiger partial charge in [-0.15, -0.1) is 0 Å². The van der Waals surface area contributed by atoms with Gasteiger partial charge in [0.15, 0.2) is 0 Å². The third-order valence-corrected chi connectivity index (χ3v) is 3.94. The van der Waals surface area contributed by atoms with Crippen molar-refractivity contribution in [3.05, 3.63) is 59.5 Å². The normalized spacial score (nSPS) is 14.0. The Morgan fingerprint density at radius 1 is 1.19 bits per heavy atom. The van der Waals surface area contributed by atoms with Crippen molar-refractivity contribution in [2.24, 2.45) is 5.73 Å². The molecular formula is C18H26N2O. The van der Waals surface area contributed by atoms with Crippen LogP contribution in [0, 0.1) is 6.92 Å². The average Bonchev–Trinajstić information content (AvgIpc) is 3.01. The van der Waals surface area contributed by atoms with Gasteiger partial charge in [-0.05, 0) is 49.9 Å². The first-order valence-electron chi connectivity index (χ1n) is 7.79. The first-order valence-corrected chi connectivity index (χ1v) is 7.79. The van der Waals surface area contributed by atoms with E-state index >= 15 is 0 Å². The molecule has 0 aliphatic rings. The topological polar surface area (TPSA) is 51.2 Å². The van der Waals surface area contributed by atoms with E-state index < -0.39 is 0 Å². The zero-order valence-corrected chi connectivity index (χ0v) is 13.0. The predicted octanol–water partition coefficient (Wildman–Crippen LogP) is 4.11. The molecule has 0 fully saturated rings. The lowest BCUT2D eigenvalue weighted by Crippen LogP contribution is -2.23. The molecule has 1 aromatic heterocycles. The first-order chi connectivity index (χ1) is 10.2. The molecule has 0 amide bonds. The molecular weight excluding hydrogens is 260 g/mol. The number of nitrogens with two attached hydrogens (primary N) is 1. The van der Waals surface area contributed by atoms with Crippen LogP contribution in [0.4, 0.5) is 0 Å². The van der Waals surface area contributed by atoms with Crippen molar-refractivity contribution in [1.29, 1.82) is 0 Å². The Bertz CT molecular complexity index is 522. The summed E-state index contributed by atoms with van der Waals surface area (Å²) in [7, 11) is 0. The first kappa shape index (κ1) is 15.8. The Labute approximate surface area is 127 Å². The molecule has 21 heavy (non-hydrogen) atoms. The van der Waals surface area contributed by atoms with Crippen LogP contribution in [-0.2, 0) is 0 Å². The van der Waals surface area contributed by atoms with E-state index in [9.17, 15) is 0 Å². The van der Waals surface area contributed by atoms with Crippen LogP contribution in [-0.4, -0.2) is 6.54 Å². The number of furan rings is 1. The lowest BCUT2D eigenvalue weighted by molar-refractivity contribution is 0.453. The van der Waals surface area contributed by atoms with Crippen LogP contribution in [0.5, 0.6) is 0 Å². The minimum atomic E-state index is 0.0871. The molecule has 0 radical (unpaired) electrons. The molecule has 0 saturated carbocycles. The molecule has 0 aliphatic carbocycles. The molecule has 3 heteroatoms. The molecule has 1 aromatic carbocycles. The van der Waals surface area contributed by atoms with Gasteiger partial charge in [0.1, 0.15) is 0 Å². The molecule has 2 atom stereocenters. The summed E-state index contributed by atoms with van der Waals surface area (Å²) in [6.45, 7) is 5.31. The monoisotopic (exact) mass is 286 g/mol. The largest absolute Gasteiger partial charge is 0.472 e. The van der Waals surface area contributed by atoms with Crippen molar-refractivity contribution in [2.45, 2.75) is 45.2 Å². The number of nitrogens with one attached hydrogen (secondary N) is 1. The fourth-order valence-electron chi connectivity index (χ4n) is 2.68. The van der Waals surface area contributed by atoms with E-state index in [0.29, 0.717) is 6.04 Å². The highest BCUT2D eigenvalue weighted by atomic mass is 16.3. The van der Waals surface area contributed by atoms with E-state index in [2.05, 4.69) is 43.4 Å². The van der Waals surface area contributed by atoms with Crippen molar-refractivity contribution in [1.82, 2.24) is 5.32 Å². The molecule has 0 aliphatic heterocycles. The predicted molar refractivity (Wildman–Crippen MR) is 87.1 cm³/mol. The standard InChI is InChI=1S/C18H26N2O/c1-3-11-20-18(15-10-12-21-13-15)9-8-17(19)16-7-5-4-6-14(16)2/h4-7,10,12-13,17-18,20H,3,8-9,11,19H2,1-2H3. The molecule has 1 heterocycles. The van der Waals surface area contributed by atoms with Crippen LogP contribution in [0.25, 0.3) is 0 Å². The third-order valence-electron chi connectivity index (χ3n) is 3.94. The lowest BCUT2D eigenvalue weighted by Gasteiger charge is -2.20. The highest BCUT2D eigenvalue weighted by Crippen LogP contribution is 2.25. The summed E-state index contributed by atoms with van der Waals surface area (Å²) < 4.78 is 5.21. The van der Waals surface area contributed by atoms with Gasteiger partial charge in [0.2, 0.25) is 0 Å². The highest BCUT2D eigenvalue weighted by Gasteiger charge is 2.15. The minimum absolute atomic E-state index is 0.0871. The highest BCUT2D eigenvalue weighted by molar-refractivity contribution is 5.28. The Morgan fingerprint density at radius 2 is 2.00 bits per heavy atom. The van der Waals surface area contributed by atoms with E-state index in [0.717, 1.165) is 25.8 Å². The zero-order valence-electron chi connectivity index (χ0n) is 13.0. The maximum atomic E-state index is 6.37. The summed E-state index contributed by atoms with van der Waals surface area (Å²) in [6.07, 6.45) is 6.65. The van der Waals surface area contributed by atoms with E-state index in [1.807, 2.05) is 12.3 Å². The van der Waals surface area contributed by atoms with Crippen molar-refractivity contribution >= 4 is 0 Å². The average molecular weight is 286 g/mol. The van der Waals surface area contributed by atoms with Gasteiger partial charge in [-0.3, -0.25) is 0 Å². The Kier molecular flexibility index (Phi) is 6.03. The van der Waals surface area contributed by atoms with Crippen LogP contribution in [0.3, 0.4) is 0 Å². The number of hydrogen-bond acceptors (Lipinski definition) is 3. The number of rotatable bonds is 8. The van der Waals surface area contributed by atoms with Crippen molar-refractivity contribution < 1.29 is 4.42 Å². The van der Waals surface area contributed by atoms with Gasteiger partial charge < -0.3 is 15.5 Å². The lowest BCUT2D eigenvalue weighted by atomic mass is 9.95. The molecule has 2 aromatic rings. The van der Waals surface area contributed by atoms with Crippen molar-refractivity contribution in [3.63, 3.8) is 0 Å². The molecule has 2 rings (SSSR count). The Morgan fingerprint density at radius 3 is 2.67 bits per heavy atom. The van der Waals surface area contributed by atoms with E-state index in [-0.39, 0.29) is 6.04 Å². The Hall–Kier alpha value is -1.58. The van der Waals surface area contributed by atoms with Crippen molar-refractivity contribution in [2.75, 3.05) is 6.54 Å². The smallest absolute Gasteiger partial charge is 0.0950 e. The Balaban J connectivity index is 1.96. The van der Waals surface area contributed by atoms with E-state index in [1.54, 1.807) is 6.26 Å². The SMILES string of the molecule is CCCNC(CCC(N)c1ccccc1C)c1ccoc1. The summed E-state index contributed by atoms with van der Waals surface area (Å²) in [5.41, 5.74) is 10.1. The molecule has 3 N–H and O–H groups in total. The van der Waals surface area contributed by atoms with Gasteiger partial charge >= 0.3 is 0 Å². The van der Waals surface area contributed by atoms with Gasteiger partial charge in [-0.1, -0.05) is 31.2 Å². The van der Waals surface area contributed by atoms with E-state index in [1.165, 1.54) is 16.7 Å². The molecule has 0 bridgehead atoms. The summed E-state index contributed by atoms with van der Waals surface area (Å²) >= 11 is 0. The third kappa shape index (κ3) is 4.45. The zero-order chi connectivity index (χ0) is 15.1. The van der Waals surface area contributed by atoms with Crippen LogP contribution >= 0.6 is 0 Å². The van der Waals surface area contributed by atoms with Gasteiger partial charge in [0, 0.05) is 17.6 Å². The van der Waals surface area contributed by atoms with Crippen LogP contribution in [0.1, 0.15) is 55.0 Å². The second-order valence-electron chi connectivity index (χ2n) is 5.60. The second kappa shape index (κ2) is 8.01. The van der Waals surface area contributed by atoms with Crippen LogP contribution in [0.2, 0.25) is 0 Å². The molecule has 0 saturated heterocycles. The van der Waals surface area contributed by atoms with Crippen LogP contribution < -0.4 is 11.1 Å². The number of benzene rings is 1. The summed E-state index contributed by atoms with van der Waals surface area (Å²) in [5, 5.41) is 3.58. The summed E-state index contributed by atoms with van der Waals surface area (Å²) in [6, 6.07) is 10.8. The quantitative estimate of drug-likeness (QED) is 0.768.